The van der Waals surface area contributed by atoms with Gasteiger partial charge in [0.25, 0.3) is 0 Å². The van der Waals surface area contributed by atoms with Crippen molar-refractivity contribution >= 4 is 39.3 Å². The van der Waals surface area contributed by atoms with Crippen LogP contribution < -0.4 is 5.32 Å². The zero-order valence-corrected chi connectivity index (χ0v) is 17.3. The number of amides is 1. The maximum Gasteiger partial charge on any atom is 0.225 e. The van der Waals surface area contributed by atoms with Gasteiger partial charge < -0.3 is 5.32 Å². The van der Waals surface area contributed by atoms with Gasteiger partial charge in [0.05, 0.1) is 11.3 Å². The minimum atomic E-state index is -0.484. The fourth-order valence-corrected chi connectivity index (χ4v) is 4.31. The molecule has 1 heterocycles. The molecule has 0 fully saturated rings. The summed E-state index contributed by atoms with van der Waals surface area (Å²) in [6.45, 7) is 2.21. The van der Waals surface area contributed by atoms with Gasteiger partial charge >= 0.3 is 0 Å². The van der Waals surface area contributed by atoms with Crippen LogP contribution in [-0.2, 0) is 17.6 Å². The monoisotopic (exact) mass is 447 g/mol. The lowest BCUT2D eigenvalue weighted by atomic mass is 9.87. The maximum absolute atomic E-state index is 13.8. The highest BCUT2D eigenvalue weighted by molar-refractivity contribution is 9.10. The first kappa shape index (κ1) is 19.8. The van der Waals surface area contributed by atoms with Crippen molar-refractivity contribution < 1.29 is 9.18 Å². The smallest absolute Gasteiger partial charge is 0.225 e. The first-order valence-electron chi connectivity index (χ1n) is 8.77. The molecule has 1 aromatic heterocycles. The van der Waals surface area contributed by atoms with Crippen LogP contribution in [0.4, 0.5) is 10.1 Å². The third-order valence-electron chi connectivity index (χ3n) is 4.49. The number of halogens is 2. The second kappa shape index (κ2) is 8.85. The molecule has 0 saturated carbocycles. The summed E-state index contributed by atoms with van der Waals surface area (Å²) in [5, 5.41) is 12.7. The summed E-state index contributed by atoms with van der Waals surface area (Å²) in [6, 6.07) is 8.65. The molecule has 1 unspecified atom stereocenters. The summed E-state index contributed by atoms with van der Waals surface area (Å²) in [5.74, 6) is 0.338. The zero-order valence-electron chi connectivity index (χ0n) is 14.9. The molecule has 3 rings (SSSR count). The van der Waals surface area contributed by atoms with E-state index in [1.165, 1.54) is 23.9 Å². The molecule has 7 heteroatoms. The van der Waals surface area contributed by atoms with E-state index in [4.69, 9.17) is 0 Å². The Bertz CT molecular complexity index is 913. The third kappa shape index (κ3) is 5.08. The van der Waals surface area contributed by atoms with Gasteiger partial charge in [-0.15, -0.1) is 11.8 Å². The van der Waals surface area contributed by atoms with E-state index in [1.54, 1.807) is 6.07 Å². The number of aryl methyl sites for hydroxylation is 1. The Morgan fingerprint density at radius 1 is 1.48 bits per heavy atom. The van der Waals surface area contributed by atoms with Crippen molar-refractivity contribution in [2.24, 2.45) is 5.92 Å². The van der Waals surface area contributed by atoms with E-state index in [-0.39, 0.29) is 18.0 Å². The van der Waals surface area contributed by atoms with Gasteiger partial charge in [0.1, 0.15) is 16.9 Å². The van der Waals surface area contributed by atoms with E-state index >= 15 is 0 Å². The lowest BCUT2D eigenvalue weighted by Crippen LogP contribution is -2.15. The molecule has 1 amide bonds. The number of nitriles is 1. The molecule has 1 aliphatic rings. The topological polar surface area (TPSA) is 65.8 Å². The Balaban J connectivity index is 1.60. The molecule has 1 aromatic carbocycles. The van der Waals surface area contributed by atoms with E-state index in [9.17, 15) is 14.4 Å². The second-order valence-electron chi connectivity index (χ2n) is 6.68. The summed E-state index contributed by atoms with van der Waals surface area (Å²) in [7, 11) is 0. The number of nitrogens with zero attached hydrogens (tertiary/aromatic N) is 2. The molecule has 0 aliphatic heterocycles. The van der Waals surface area contributed by atoms with Crippen LogP contribution in [0.2, 0.25) is 0 Å². The number of carbonyl (C=O) groups is 1. The van der Waals surface area contributed by atoms with Crippen molar-refractivity contribution in [2.45, 2.75) is 37.6 Å². The Morgan fingerprint density at radius 2 is 2.30 bits per heavy atom. The number of thioether (sulfide) groups is 1. The van der Waals surface area contributed by atoms with Gasteiger partial charge in [-0.1, -0.05) is 22.9 Å². The van der Waals surface area contributed by atoms with Gasteiger partial charge in [0.15, 0.2) is 0 Å². The Hall–Kier alpha value is -1.91. The molecule has 0 spiro atoms. The van der Waals surface area contributed by atoms with E-state index in [0.29, 0.717) is 26.7 Å². The first-order chi connectivity index (χ1) is 13.0. The molecular weight excluding hydrogens is 429 g/mol. The number of anilines is 1. The van der Waals surface area contributed by atoms with E-state index in [0.717, 1.165) is 30.5 Å². The van der Waals surface area contributed by atoms with Crippen molar-refractivity contribution in [1.29, 1.82) is 5.26 Å². The molecule has 0 saturated heterocycles. The highest BCUT2D eigenvalue weighted by Crippen LogP contribution is 2.29. The van der Waals surface area contributed by atoms with Crippen LogP contribution in [0.1, 0.15) is 36.6 Å². The van der Waals surface area contributed by atoms with Crippen molar-refractivity contribution in [3.63, 3.8) is 0 Å². The fourth-order valence-electron chi connectivity index (χ4n) is 3.06. The largest absolute Gasteiger partial charge is 0.324 e. The van der Waals surface area contributed by atoms with Crippen LogP contribution in [0.3, 0.4) is 0 Å². The van der Waals surface area contributed by atoms with Crippen molar-refractivity contribution in [3.8, 4) is 6.07 Å². The molecule has 4 nitrogen and oxygen atoms in total. The Kier molecular flexibility index (Phi) is 6.51. The van der Waals surface area contributed by atoms with Gasteiger partial charge in [-0.05, 0) is 55.0 Å². The Morgan fingerprint density at radius 3 is 3.04 bits per heavy atom. The lowest BCUT2D eigenvalue weighted by Gasteiger charge is -2.21. The number of pyridine rings is 1. The van der Waals surface area contributed by atoms with Crippen LogP contribution in [0.25, 0.3) is 0 Å². The summed E-state index contributed by atoms with van der Waals surface area (Å²) < 4.78 is 14.4. The number of nitrogens with one attached hydrogen (secondary N) is 1. The van der Waals surface area contributed by atoms with E-state index in [2.05, 4.69) is 39.2 Å². The summed E-state index contributed by atoms with van der Waals surface area (Å²) in [4.78, 5) is 16.7. The third-order valence-corrected chi connectivity index (χ3v) is 5.98. The highest BCUT2D eigenvalue weighted by Gasteiger charge is 2.19. The summed E-state index contributed by atoms with van der Waals surface area (Å²) >= 11 is 4.58. The number of hydrogen-bond donors (Lipinski definition) is 1. The van der Waals surface area contributed by atoms with Gasteiger partial charge in [-0.25, -0.2) is 9.37 Å². The Labute approximate surface area is 170 Å². The van der Waals surface area contributed by atoms with Gasteiger partial charge in [-0.3, -0.25) is 4.79 Å². The maximum atomic E-state index is 13.8. The van der Waals surface area contributed by atoms with E-state index < -0.39 is 5.82 Å². The standard InChI is InChI=1S/C20H19BrFN3OS/c1-12-2-4-17-13(8-12)9-14(11-23)20(25-17)27-7-6-19(26)24-18-5-3-15(21)10-16(18)22/h3,5,9-10,12H,2,4,6-8H2,1H3,(H,24,26). The quantitative estimate of drug-likeness (QED) is 0.647. The first-order valence-corrected chi connectivity index (χ1v) is 10.5. The molecule has 1 N–H and O–H groups in total. The molecule has 2 aromatic rings. The van der Waals surface area contributed by atoms with Crippen molar-refractivity contribution in [2.75, 3.05) is 11.1 Å². The van der Waals surface area contributed by atoms with Crippen molar-refractivity contribution in [1.82, 2.24) is 4.98 Å². The van der Waals surface area contributed by atoms with Crippen LogP contribution in [0.15, 0.2) is 33.8 Å². The second-order valence-corrected chi connectivity index (χ2v) is 8.68. The minimum Gasteiger partial charge on any atom is -0.324 e. The molecule has 140 valence electrons. The molecule has 0 bridgehead atoms. The number of benzene rings is 1. The molecule has 1 aliphatic carbocycles. The average Bonchev–Trinajstić information content (AvgIpc) is 2.63. The number of carbonyl (C=O) groups excluding carboxylic acids is 1. The molecular formula is C20H19BrFN3OS. The number of fused-ring (bicyclic) bond motifs is 1. The van der Waals surface area contributed by atoms with Crippen molar-refractivity contribution in [3.05, 3.63) is 51.4 Å². The highest BCUT2D eigenvalue weighted by atomic mass is 79.9. The van der Waals surface area contributed by atoms with Crippen LogP contribution in [0, 0.1) is 23.1 Å². The van der Waals surface area contributed by atoms with Gasteiger partial charge in [0, 0.05) is 22.3 Å². The predicted molar refractivity (Wildman–Crippen MR) is 108 cm³/mol. The predicted octanol–water partition coefficient (Wildman–Crippen LogP) is 5.10. The normalized spacial score (nSPS) is 15.7. The number of hydrogen-bond acceptors (Lipinski definition) is 4. The van der Waals surface area contributed by atoms with Crippen LogP contribution in [-0.4, -0.2) is 16.6 Å². The van der Waals surface area contributed by atoms with Crippen LogP contribution in [0.5, 0.6) is 0 Å². The number of rotatable bonds is 5. The summed E-state index contributed by atoms with van der Waals surface area (Å²) in [6.07, 6.45) is 3.21. The number of aromatic nitrogens is 1. The molecule has 27 heavy (non-hydrogen) atoms. The zero-order chi connectivity index (χ0) is 19.4. The molecule has 1 atom stereocenters. The summed E-state index contributed by atoms with van der Waals surface area (Å²) in [5.41, 5.74) is 2.95. The van der Waals surface area contributed by atoms with Gasteiger partial charge in [-0.2, -0.15) is 5.26 Å². The average molecular weight is 448 g/mol. The van der Waals surface area contributed by atoms with E-state index in [1.807, 2.05) is 6.07 Å². The SMILES string of the molecule is CC1CCc2nc(SCCC(=O)Nc3ccc(Br)cc3F)c(C#N)cc2C1. The fraction of sp³-hybridized carbons (Fsp3) is 0.350. The van der Waals surface area contributed by atoms with Crippen LogP contribution >= 0.6 is 27.7 Å². The lowest BCUT2D eigenvalue weighted by molar-refractivity contribution is -0.115. The van der Waals surface area contributed by atoms with Gasteiger partial charge in [0.2, 0.25) is 5.91 Å². The molecule has 0 radical (unpaired) electrons. The minimum absolute atomic E-state index is 0.159.